The first kappa shape index (κ1) is 19.7. The molecule has 0 bridgehead atoms. The zero-order valence-electron chi connectivity index (χ0n) is 16.6. The van der Waals surface area contributed by atoms with Crippen molar-refractivity contribution in [1.82, 2.24) is 19.9 Å². The predicted molar refractivity (Wildman–Crippen MR) is 114 cm³/mol. The molecule has 9 nitrogen and oxygen atoms in total. The molecule has 2 aliphatic rings. The zero-order valence-corrected chi connectivity index (χ0v) is 17.5. The van der Waals surface area contributed by atoms with E-state index in [1.54, 1.807) is 18.5 Å². The molecule has 0 unspecified atom stereocenters. The summed E-state index contributed by atoms with van der Waals surface area (Å²) in [7, 11) is -3.62. The fourth-order valence-corrected chi connectivity index (χ4v) is 4.69. The summed E-state index contributed by atoms with van der Waals surface area (Å²) in [6.45, 7) is 2.66. The van der Waals surface area contributed by atoms with Crippen LogP contribution in [-0.2, 0) is 10.0 Å². The van der Waals surface area contributed by atoms with Crippen molar-refractivity contribution in [3.63, 3.8) is 0 Å². The van der Waals surface area contributed by atoms with E-state index in [0.29, 0.717) is 44.3 Å². The lowest BCUT2D eigenvalue weighted by Crippen LogP contribution is -2.51. The van der Waals surface area contributed by atoms with Crippen LogP contribution < -0.4 is 19.1 Å². The first-order chi connectivity index (χ1) is 15.1. The van der Waals surface area contributed by atoms with Gasteiger partial charge in [-0.05, 0) is 36.4 Å². The van der Waals surface area contributed by atoms with Gasteiger partial charge in [-0.3, -0.25) is 4.98 Å². The summed E-state index contributed by atoms with van der Waals surface area (Å²) in [5, 5.41) is 8.58. The number of nitrogens with one attached hydrogen (secondary N) is 1. The number of aromatic nitrogens is 3. The van der Waals surface area contributed by atoms with Crippen LogP contribution in [0.3, 0.4) is 0 Å². The van der Waals surface area contributed by atoms with Crippen LogP contribution in [0.2, 0.25) is 0 Å². The van der Waals surface area contributed by atoms with Gasteiger partial charge in [0.15, 0.2) is 17.3 Å². The fourth-order valence-electron chi connectivity index (χ4n) is 3.56. The van der Waals surface area contributed by atoms with Gasteiger partial charge in [0, 0.05) is 49.6 Å². The molecule has 1 fully saturated rings. The van der Waals surface area contributed by atoms with Gasteiger partial charge in [0.25, 0.3) is 0 Å². The Kier molecular flexibility index (Phi) is 5.16. The average molecular weight is 439 g/mol. The average Bonchev–Trinajstić information content (AvgIpc) is 2.78. The number of benzene rings is 1. The highest BCUT2D eigenvalue weighted by Gasteiger charge is 2.29. The molecule has 1 saturated heterocycles. The Balaban J connectivity index is 1.16. The first-order valence-electron chi connectivity index (χ1n) is 9.97. The highest BCUT2D eigenvalue weighted by molar-refractivity contribution is 7.89. The van der Waals surface area contributed by atoms with Gasteiger partial charge in [-0.2, -0.15) is 0 Å². The number of hydrogen-bond donors (Lipinski definition) is 1. The maximum Gasteiger partial charge on any atom is 0.240 e. The number of nitrogens with zero attached hydrogens (tertiary/aromatic N) is 4. The van der Waals surface area contributed by atoms with Crippen LogP contribution in [0.1, 0.15) is 0 Å². The number of sulfonamides is 1. The summed E-state index contributed by atoms with van der Waals surface area (Å²) in [5.41, 5.74) is 1.75. The van der Waals surface area contributed by atoms with Gasteiger partial charge in [0.05, 0.1) is 10.6 Å². The van der Waals surface area contributed by atoms with Crippen LogP contribution in [-0.4, -0.2) is 56.4 Å². The minimum Gasteiger partial charge on any atom is -0.486 e. The molecule has 0 radical (unpaired) electrons. The lowest BCUT2D eigenvalue weighted by Gasteiger charge is -2.39. The summed E-state index contributed by atoms with van der Waals surface area (Å²) >= 11 is 0. The van der Waals surface area contributed by atoms with E-state index in [0.717, 1.165) is 17.1 Å². The first-order valence-corrected chi connectivity index (χ1v) is 11.5. The lowest BCUT2D eigenvalue weighted by molar-refractivity contribution is 0.171. The Morgan fingerprint density at radius 1 is 0.968 bits per heavy atom. The van der Waals surface area contributed by atoms with Crippen molar-refractivity contribution in [2.75, 3.05) is 37.7 Å². The van der Waals surface area contributed by atoms with Crippen molar-refractivity contribution in [3.8, 4) is 22.8 Å². The van der Waals surface area contributed by atoms with E-state index in [4.69, 9.17) is 9.47 Å². The molecule has 31 heavy (non-hydrogen) atoms. The van der Waals surface area contributed by atoms with E-state index >= 15 is 0 Å². The molecular weight excluding hydrogens is 418 g/mol. The summed E-state index contributed by atoms with van der Waals surface area (Å²) < 4.78 is 38.9. The molecule has 4 heterocycles. The molecular formula is C21H21N5O4S. The van der Waals surface area contributed by atoms with Crippen molar-refractivity contribution in [1.29, 1.82) is 0 Å². The molecule has 1 aromatic carbocycles. The van der Waals surface area contributed by atoms with Crippen LogP contribution in [0.15, 0.2) is 59.8 Å². The third-order valence-corrected chi connectivity index (χ3v) is 6.71. The number of ether oxygens (including phenoxy) is 2. The van der Waals surface area contributed by atoms with Crippen LogP contribution in [0.25, 0.3) is 11.3 Å². The fraction of sp³-hybridized carbons (Fsp3) is 0.286. The van der Waals surface area contributed by atoms with E-state index in [1.807, 2.05) is 24.3 Å². The van der Waals surface area contributed by atoms with Crippen molar-refractivity contribution in [2.24, 2.45) is 5.92 Å². The van der Waals surface area contributed by atoms with Crippen LogP contribution in [0, 0.1) is 5.92 Å². The largest absolute Gasteiger partial charge is 0.486 e. The highest BCUT2D eigenvalue weighted by Crippen LogP contribution is 2.32. The van der Waals surface area contributed by atoms with Crippen LogP contribution >= 0.6 is 0 Å². The van der Waals surface area contributed by atoms with Crippen molar-refractivity contribution in [2.45, 2.75) is 4.90 Å². The SMILES string of the molecule is O=S(=O)(NCC1CN(c2ccc(-c3ccncc3)nn2)C1)c1ccc2c(c1)OCCO2. The van der Waals surface area contributed by atoms with Crippen molar-refractivity contribution >= 4 is 15.8 Å². The number of anilines is 1. The van der Waals surface area contributed by atoms with Crippen LogP contribution in [0.4, 0.5) is 5.82 Å². The van der Waals surface area contributed by atoms with E-state index < -0.39 is 10.0 Å². The Labute approximate surface area is 180 Å². The third kappa shape index (κ3) is 4.17. The van der Waals surface area contributed by atoms with Crippen molar-refractivity contribution in [3.05, 3.63) is 54.9 Å². The molecule has 0 amide bonds. The number of rotatable bonds is 6. The molecule has 0 saturated carbocycles. The Hall–Kier alpha value is -3.24. The normalized spacial score (nSPS) is 16.1. The second kappa shape index (κ2) is 8.12. The second-order valence-corrected chi connectivity index (χ2v) is 9.21. The smallest absolute Gasteiger partial charge is 0.240 e. The zero-order chi connectivity index (χ0) is 21.3. The van der Waals surface area contributed by atoms with E-state index in [9.17, 15) is 8.42 Å². The van der Waals surface area contributed by atoms with Crippen LogP contribution in [0.5, 0.6) is 11.5 Å². The van der Waals surface area contributed by atoms with Gasteiger partial charge in [-0.25, -0.2) is 13.1 Å². The Morgan fingerprint density at radius 2 is 1.74 bits per heavy atom. The third-order valence-electron chi connectivity index (χ3n) is 5.29. The van der Waals surface area contributed by atoms with Gasteiger partial charge < -0.3 is 14.4 Å². The number of pyridine rings is 1. The minimum atomic E-state index is -3.62. The van der Waals surface area contributed by atoms with Gasteiger partial charge in [-0.1, -0.05) is 0 Å². The van der Waals surface area contributed by atoms with Gasteiger partial charge in [0.2, 0.25) is 10.0 Å². The molecule has 0 spiro atoms. The number of hydrogen-bond acceptors (Lipinski definition) is 8. The van der Waals surface area contributed by atoms with Gasteiger partial charge in [0.1, 0.15) is 13.2 Å². The summed E-state index contributed by atoms with van der Waals surface area (Å²) in [6, 6.07) is 12.3. The van der Waals surface area contributed by atoms with E-state index in [1.165, 1.54) is 12.1 Å². The summed E-state index contributed by atoms with van der Waals surface area (Å²) in [4.78, 5) is 6.25. The highest BCUT2D eigenvalue weighted by atomic mass is 32.2. The molecule has 0 atom stereocenters. The molecule has 2 aromatic heterocycles. The molecule has 5 rings (SSSR count). The number of fused-ring (bicyclic) bond motifs is 1. The second-order valence-electron chi connectivity index (χ2n) is 7.44. The Morgan fingerprint density at radius 3 is 2.48 bits per heavy atom. The van der Waals surface area contributed by atoms with Gasteiger partial charge in [-0.15, -0.1) is 10.2 Å². The molecule has 1 N–H and O–H groups in total. The summed E-state index contributed by atoms with van der Waals surface area (Å²) in [6.07, 6.45) is 3.44. The maximum absolute atomic E-state index is 12.6. The molecule has 160 valence electrons. The predicted octanol–water partition coefficient (Wildman–Crippen LogP) is 1.72. The van der Waals surface area contributed by atoms with Gasteiger partial charge >= 0.3 is 0 Å². The summed E-state index contributed by atoms with van der Waals surface area (Å²) in [5.74, 6) is 2.01. The van der Waals surface area contributed by atoms with Crippen molar-refractivity contribution < 1.29 is 17.9 Å². The topological polar surface area (TPSA) is 107 Å². The molecule has 0 aliphatic carbocycles. The standard InChI is InChI=1S/C21H21N5O4S/c27-31(28,17-1-3-19-20(11-17)30-10-9-29-19)23-12-15-13-26(14-15)21-4-2-18(24-25-21)16-5-7-22-8-6-16/h1-8,11,15,23H,9-10,12-14H2. The molecule has 3 aromatic rings. The monoisotopic (exact) mass is 439 g/mol. The lowest BCUT2D eigenvalue weighted by atomic mass is 10.0. The maximum atomic E-state index is 12.6. The molecule has 10 heteroatoms. The van der Waals surface area contributed by atoms with E-state index in [2.05, 4.69) is 24.8 Å². The Bertz CT molecular complexity index is 1170. The molecule has 2 aliphatic heterocycles. The minimum absolute atomic E-state index is 0.172. The quantitative estimate of drug-likeness (QED) is 0.619. The van der Waals surface area contributed by atoms with E-state index in [-0.39, 0.29) is 10.8 Å².